The second kappa shape index (κ2) is 10.7. The van der Waals surface area contributed by atoms with Gasteiger partial charge in [-0.05, 0) is 17.5 Å². The summed E-state index contributed by atoms with van der Waals surface area (Å²) in [4.78, 5) is 36.3. The largest absolute Gasteiger partial charge is 0.445 e. The number of rotatable bonds is 9. The average Bonchev–Trinajstić information content (AvgIpc) is 2.71. The summed E-state index contributed by atoms with van der Waals surface area (Å²) < 4.78 is 5.20. The fourth-order valence-corrected chi connectivity index (χ4v) is 2.61. The summed E-state index contributed by atoms with van der Waals surface area (Å²) in [6, 6.07) is 16.8. The van der Waals surface area contributed by atoms with Crippen molar-refractivity contribution in [3.05, 3.63) is 71.8 Å². The first kappa shape index (κ1) is 21.0. The number of nitrogens with two attached hydrogens (primary N) is 1. The maximum absolute atomic E-state index is 12.6. The van der Waals surface area contributed by atoms with Gasteiger partial charge in [0.15, 0.2) is 0 Å². The highest BCUT2D eigenvalue weighted by molar-refractivity contribution is 5.90. The summed E-state index contributed by atoms with van der Waals surface area (Å²) in [7, 11) is 0. The Hall–Kier alpha value is -3.35. The topological polar surface area (TPSA) is 111 Å². The van der Waals surface area contributed by atoms with Gasteiger partial charge in [-0.25, -0.2) is 4.79 Å². The molecular formula is C21H25N3O4. The Labute approximate surface area is 164 Å². The lowest BCUT2D eigenvalue weighted by atomic mass is 10.0. The van der Waals surface area contributed by atoms with E-state index in [2.05, 4.69) is 10.6 Å². The molecule has 2 aromatic rings. The van der Waals surface area contributed by atoms with Gasteiger partial charge in [-0.2, -0.15) is 0 Å². The maximum atomic E-state index is 12.6. The van der Waals surface area contributed by atoms with Crippen LogP contribution in [0.4, 0.5) is 4.79 Å². The van der Waals surface area contributed by atoms with Crippen LogP contribution < -0.4 is 16.4 Å². The molecule has 0 heterocycles. The van der Waals surface area contributed by atoms with E-state index in [4.69, 9.17) is 10.5 Å². The molecule has 0 saturated heterocycles. The fourth-order valence-electron chi connectivity index (χ4n) is 2.61. The third-order valence-electron chi connectivity index (χ3n) is 4.17. The molecule has 0 aliphatic heterocycles. The Bertz CT molecular complexity index is 781. The van der Waals surface area contributed by atoms with Crippen molar-refractivity contribution < 1.29 is 19.1 Å². The van der Waals surface area contributed by atoms with Gasteiger partial charge in [0.05, 0.1) is 0 Å². The van der Waals surface area contributed by atoms with E-state index >= 15 is 0 Å². The highest BCUT2D eigenvalue weighted by atomic mass is 16.5. The van der Waals surface area contributed by atoms with Crippen molar-refractivity contribution >= 4 is 17.9 Å². The molecule has 2 rings (SSSR count). The zero-order chi connectivity index (χ0) is 20.4. The molecule has 7 nitrogen and oxygen atoms in total. The van der Waals surface area contributed by atoms with E-state index in [9.17, 15) is 14.4 Å². The highest BCUT2D eigenvalue weighted by Crippen LogP contribution is 2.06. The molecule has 0 saturated carbocycles. The number of hydrogen-bond donors (Lipinski definition) is 3. The summed E-state index contributed by atoms with van der Waals surface area (Å²) in [5.41, 5.74) is 6.99. The van der Waals surface area contributed by atoms with Crippen LogP contribution in [0, 0.1) is 0 Å². The van der Waals surface area contributed by atoms with Crippen molar-refractivity contribution in [2.45, 2.75) is 38.5 Å². The van der Waals surface area contributed by atoms with Crippen LogP contribution in [0.5, 0.6) is 0 Å². The van der Waals surface area contributed by atoms with Gasteiger partial charge in [-0.15, -0.1) is 0 Å². The number of carbonyl (C=O) groups is 3. The monoisotopic (exact) mass is 383 g/mol. The fraction of sp³-hybridized carbons (Fsp3) is 0.286. The summed E-state index contributed by atoms with van der Waals surface area (Å²) in [5.74, 6) is -1.12. The minimum atomic E-state index is -0.904. The maximum Gasteiger partial charge on any atom is 0.408 e. The van der Waals surface area contributed by atoms with Crippen molar-refractivity contribution in [3.8, 4) is 0 Å². The zero-order valence-electron chi connectivity index (χ0n) is 15.8. The predicted molar refractivity (Wildman–Crippen MR) is 105 cm³/mol. The third-order valence-corrected chi connectivity index (χ3v) is 4.17. The normalized spacial score (nSPS) is 12.5. The van der Waals surface area contributed by atoms with E-state index < -0.39 is 30.0 Å². The molecule has 3 amide bonds. The van der Waals surface area contributed by atoms with E-state index in [1.165, 1.54) is 0 Å². The van der Waals surface area contributed by atoms with E-state index in [1.807, 2.05) is 60.7 Å². The SMILES string of the molecule is CC[C@@H](NC(=O)[C@@H](Cc1ccccc1)NC(=O)OCc1ccccc1)C(N)=O. The number of primary amides is 1. The molecule has 0 spiro atoms. The average molecular weight is 383 g/mol. The minimum absolute atomic E-state index is 0.0885. The van der Waals surface area contributed by atoms with Crippen molar-refractivity contribution in [2.24, 2.45) is 5.73 Å². The number of carbonyl (C=O) groups excluding carboxylic acids is 3. The molecule has 4 N–H and O–H groups in total. The van der Waals surface area contributed by atoms with Crippen molar-refractivity contribution in [3.63, 3.8) is 0 Å². The van der Waals surface area contributed by atoms with Crippen LogP contribution in [0.2, 0.25) is 0 Å². The number of ether oxygens (including phenoxy) is 1. The molecule has 0 aliphatic carbocycles. The van der Waals surface area contributed by atoms with Crippen LogP contribution in [0.1, 0.15) is 24.5 Å². The molecule has 0 bridgehead atoms. The predicted octanol–water partition coefficient (Wildman–Crippen LogP) is 1.90. The van der Waals surface area contributed by atoms with Crippen molar-refractivity contribution in [1.82, 2.24) is 10.6 Å². The second-order valence-electron chi connectivity index (χ2n) is 6.32. The first-order valence-electron chi connectivity index (χ1n) is 9.10. The summed E-state index contributed by atoms with van der Waals surface area (Å²) in [6.07, 6.45) is -0.105. The Morgan fingerprint density at radius 1 is 0.893 bits per heavy atom. The quantitative estimate of drug-likeness (QED) is 0.614. The minimum Gasteiger partial charge on any atom is -0.445 e. The first-order chi connectivity index (χ1) is 13.5. The molecule has 0 aliphatic rings. The van der Waals surface area contributed by atoms with Crippen LogP contribution >= 0.6 is 0 Å². The van der Waals surface area contributed by atoms with Crippen molar-refractivity contribution in [2.75, 3.05) is 0 Å². The molecule has 7 heteroatoms. The van der Waals surface area contributed by atoms with Gasteiger partial charge in [-0.1, -0.05) is 67.6 Å². The van der Waals surface area contributed by atoms with E-state index in [0.717, 1.165) is 11.1 Å². The van der Waals surface area contributed by atoms with E-state index in [0.29, 0.717) is 6.42 Å². The van der Waals surface area contributed by atoms with Gasteiger partial charge >= 0.3 is 6.09 Å². The third kappa shape index (κ3) is 6.75. The molecular weight excluding hydrogens is 358 g/mol. The Morgan fingerprint density at radius 3 is 2.00 bits per heavy atom. The highest BCUT2D eigenvalue weighted by Gasteiger charge is 2.25. The molecule has 0 unspecified atom stereocenters. The van der Waals surface area contributed by atoms with Crippen LogP contribution in [0.15, 0.2) is 60.7 Å². The van der Waals surface area contributed by atoms with Crippen LogP contribution in [0.3, 0.4) is 0 Å². The van der Waals surface area contributed by atoms with Crippen LogP contribution in [-0.4, -0.2) is 30.0 Å². The van der Waals surface area contributed by atoms with Crippen LogP contribution in [-0.2, 0) is 27.4 Å². The van der Waals surface area contributed by atoms with Crippen molar-refractivity contribution in [1.29, 1.82) is 0 Å². The van der Waals surface area contributed by atoms with Gasteiger partial charge in [0, 0.05) is 6.42 Å². The zero-order valence-corrected chi connectivity index (χ0v) is 15.8. The van der Waals surface area contributed by atoms with Gasteiger partial charge in [0.1, 0.15) is 18.7 Å². The number of benzene rings is 2. The molecule has 28 heavy (non-hydrogen) atoms. The van der Waals surface area contributed by atoms with Gasteiger partial charge in [0.25, 0.3) is 0 Å². The molecule has 0 fully saturated rings. The summed E-state index contributed by atoms with van der Waals surface area (Å²) in [6.45, 7) is 1.83. The smallest absolute Gasteiger partial charge is 0.408 e. The molecule has 148 valence electrons. The standard InChI is InChI=1S/C21H25N3O4/c1-2-17(19(22)25)23-20(26)18(13-15-9-5-3-6-10-15)24-21(27)28-14-16-11-7-4-8-12-16/h3-12,17-18H,2,13-14H2,1H3,(H2,22,25)(H,23,26)(H,24,27)/t17-,18-/m1/s1. The van der Waals surface area contributed by atoms with E-state index in [-0.39, 0.29) is 13.0 Å². The Balaban J connectivity index is 2.03. The first-order valence-corrected chi connectivity index (χ1v) is 9.10. The van der Waals surface area contributed by atoms with Gasteiger partial charge in [0.2, 0.25) is 11.8 Å². The molecule has 0 radical (unpaired) electrons. The second-order valence-corrected chi connectivity index (χ2v) is 6.32. The van der Waals surface area contributed by atoms with E-state index in [1.54, 1.807) is 6.92 Å². The van der Waals surface area contributed by atoms with Gasteiger partial charge < -0.3 is 21.1 Å². The number of hydrogen-bond acceptors (Lipinski definition) is 4. The molecule has 0 aromatic heterocycles. The Morgan fingerprint density at radius 2 is 1.46 bits per heavy atom. The lowest BCUT2D eigenvalue weighted by Gasteiger charge is -2.21. The summed E-state index contributed by atoms with van der Waals surface area (Å²) >= 11 is 0. The number of amides is 3. The van der Waals surface area contributed by atoms with Crippen LogP contribution in [0.25, 0.3) is 0 Å². The number of nitrogens with one attached hydrogen (secondary N) is 2. The number of alkyl carbamates (subject to hydrolysis) is 1. The Kier molecular flexibility index (Phi) is 8.02. The lowest BCUT2D eigenvalue weighted by Crippen LogP contribution is -2.53. The molecule has 2 atom stereocenters. The lowest BCUT2D eigenvalue weighted by molar-refractivity contribution is -0.128. The van der Waals surface area contributed by atoms with Gasteiger partial charge in [-0.3, -0.25) is 9.59 Å². The summed E-state index contributed by atoms with van der Waals surface area (Å²) in [5, 5.41) is 5.16. The molecule has 2 aromatic carbocycles.